The van der Waals surface area contributed by atoms with Crippen molar-refractivity contribution in [2.45, 2.75) is 64.4 Å². The number of anilines is 1. The molecule has 4 heterocycles. The Bertz CT molecular complexity index is 1230. The Morgan fingerprint density at radius 3 is 2.78 bits per heavy atom. The lowest BCUT2D eigenvalue weighted by molar-refractivity contribution is -0.138. The van der Waals surface area contributed by atoms with Gasteiger partial charge in [0.2, 0.25) is 0 Å². The van der Waals surface area contributed by atoms with E-state index in [-0.39, 0.29) is 18.9 Å². The fourth-order valence-corrected chi connectivity index (χ4v) is 4.97. The fourth-order valence-electron chi connectivity index (χ4n) is 4.97. The molecule has 1 aliphatic heterocycles. The Kier molecular flexibility index (Phi) is 7.06. The van der Waals surface area contributed by atoms with Crippen molar-refractivity contribution >= 4 is 11.7 Å². The molecule has 2 aliphatic rings. The molecule has 0 bridgehead atoms. The summed E-state index contributed by atoms with van der Waals surface area (Å²) in [5.74, 6) is 0.617. The van der Waals surface area contributed by atoms with Crippen LogP contribution in [-0.4, -0.2) is 59.1 Å². The summed E-state index contributed by atoms with van der Waals surface area (Å²) in [4.78, 5) is 31.4. The Balaban J connectivity index is 1.34. The van der Waals surface area contributed by atoms with Gasteiger partial charge in [-0.25, -0.2) is 14.6 Å². The van der Waals surface area contributed by atoms with Crippen LogP contribution in [0.2, 0.25) is 0 Å². The lowest BCUT2D eigenvalue weighted by Gasteiger charge is -2.34. The molecule has 1 N–H and O–H groups in total. The summed E-state index contributed by atoms with van der Waals surface area (Å²) < 4.78 is 7.61. The number of ether oxygens (including phenoxy) is 1. The largest absolute Gasteiger partial charge is 0.481 e. The van der Waals surface area contributed by atoms with E-state index in [4.69, 9.17) is 9.72 Å². The van der Waals surface area contributed by atoms with Crippen LogP contribution in [0, 0.1) is 5.92 Å². The second-order valence-corrected chi connectivity index (χ2v) is 9.62. The third-order valence-corrected chi connectivity index (χ3v) is 7.17. The molecule has 3 aromatic heterocycles. The number of hydrogen-bond acceptors (Lipinski definition) is 9. The highest BCUT2D eigenvalue weighted by Crippen LogP contribution is 2.34. The highest BCUT2D eigenvalue weighted by molar-refractivity contribution is 5.67. The van der Waals surface area contributed by atoms with Crippen LogP contribution in [0.5, 0.6) is 6.01 Å². The van der Waals surface area contributed by atoms with Gasteiger partial charge in [0.05, 0.1) is 17.1 Å². The molecule has 11 heteroatoms. The van der Waals surface area contributed by atoms with E-state index in [1.807, 2.05) is 13.1 Å². The maximum absolute atomic E-state index is 11.2. The summed E-state index contributed by atoms with van der Waals surface area (Å²) in [6.45, 7) is 3.93. The molecule has 1 saturated carbocycles. The summed E-state index contributed by atoms with van der Waals surface area (Å²) in [5, 5.41) is 17.8. The topological polar surface area (TPSA) is 132 Å². The predicted molar refractivity (Wildman–Crippen MR) is 132 cm³/mol. The minimum Gasteiger partial charge on any atom is -0.481 e. The van der Waals surface area contributed by atoms with Crippen molar-refractivity contribution < 1.29 is 14.6 Å². The zero-order valence-electron chi connectivity index (χ0n) is 20.8. The first-order valence-electron chi connectivity index (χ1n) is 12.7. The molecule has 0 unspecified atom stereocenters. The van der Waals surface area contributed by atoms with Crippen LogP contribution >= 0.6 is 0 Å². The molecule has 0 amide bonds. The first kappa shape index (κ1) is 24.1. The van der Waals surface area contributed by atoms with Crippen molar-refractivity contribution in [3.05, 3.63) is 35.7 Å². The van der Waals surface area contributed by atoms with Crippen LogP contribution in [0.1, 0.15) is 68.6 Å². The lowest BCUT2D eigenvalue weighted by atomic mass is 9.85. The van der Waals surface area contributed by atoms with E-state index in [0.29, 0.717) is 17.6 Å². The minimum atomic E-state index is -0.736. The van der Waals surface area contributed by atoms with Crippen LogP contribution in [-0.2, 0) is 24.9 Å². The number of carboxylic acid groups (broad SMARTS) is 1. The van der Waals surface area contributed by atoms with E-state index in [1.165, 1.54) is 12.7 Å². The van der Waals surface area contributed by atoms with Gasteiger partial charge < -0.3 is 14.7 Å². The smallest absolute Gasteiger partial charge is 0.320 e. The number of carbonyl (C=O) groups is 1. The molecule has 3 aromatic rings. The van der Waals surface area contributed by atoms with Gasteiger partial charge in [-0.2, -0.15) is 9.97 Å². The molecule has 0 spiro atoms. The number of nitrogens with zero attached hydrogens (tertiary/aromatic N) is 8. The molecule has 1 saturated heterocycles. The number of aromatic nitrogens is 7. The van der Waals surface area contributed by atoms with Crippen molar-refractivity contribution in [3.63, 3.8) is 0 Å². The Morgan fingerprint density at radius 2 is 2.03 bits per heavy atom. The van der Waals surface area contributed by atoms with E-state index in [1.54, 1.807) is 4.68 Å². The molecule has 1 aliphatic carbocycles. The zero-order valence-corrected chi connectivity index (χ0v) is 20.8. The molecule has 190 valence electrons. The number of aryl methyl sites for hydroxylation is 2. The zero-order chi connectivity index (χ0) is 25.1. The van der Waals surface area contributed by atoms with Crippen molar-refractivity contribution in [2.75, 3.05) is 18.0 Å². The van der Waals surface area contributed by atoms with Crippen LogP contribution < -0.4 is 9.64 Å². The third kappa shape index (κ3) is 5.14. The molecule has 11 nitrogen and oxygen atoms in total. The van der Waals surface area contributed by atoms with Crippen LogP contribution in [0.15, 0.2) is 18.5 Å². The lowest BCUT2D eigenvalue weighted by Crippen LogP contribution is -2.37. The van der Waals surface area contributed by atoms with Crippen LogP contribution in [0.25, 0.3) is 11.4 Å². The van der Waals surface area contributed by atoms with Gasteiger partial charge in [0.15, 0.2) is 0 Å². The normalized spacial score (nSPS) is 18.2. The molecule has 1 atom stereocenters. The van der Waals surface area contributed by atoms with Crippen molar-refractivity contribution in [2.24, 2.45) is 13.0 Å². The van der Waals surface area contributed by atoms with Crippen molar-refractivity contribution in [1.82, 2.24) is 34.9 Å². The second-order valence-electron chi connectivity index (χ2n) is 9.62. The SMILES string of the molecule is CCc1nc(-c2nnn(C)c2COc2ncnc(C3CCC3)n2)ccc1N1CCC[C@H](CC(=O)O)C1. The molecule has 2 fully saturated rings. The number of piperidine rings is 1. The highest BCUT2D eigenvalue weighted by atomic mass is 16.5. The predicted octanol–water partition coefficient (Wildman–Crippen LogP) is 3.16. The van der Waals surface area contributed by atoms with Gasteiger partial charge in [-0.1, -0.05) is 18.6 Å². The van der Waals surface area contributed by atoms with Crippen molar-refractivity contribution in [3.8, 4) is 17.4 Å². The first-order chi connectivity index (χ1) is 17.5. The van der Waals surface area contributed by atoms with Crippen molar-refractivity contribution in [1.29, 1.82) is 0 Å². The number of carboxylic acids is 1. The van der Waals surface area contributed by atoms with E-state index in [9.17, 15) is 9.90 Å². The summed E-state index contributed by atoms with van der Waals surface area (Å²) in [6.07, 6.45) is 7.82. The van der Waals surface area contributed by atoms with Gasteiger partial charge >= 0.3 is 12.0 Å². The van der Waals surface area contributed by atoms with E-state index in [2.05, 4.69) is 43.2 Å². The quantitative estimate of drug-likeness (QED) is 0.475. The highest BCUT2D eigenvalue weighted by Gasteiger charge is 2.25. The summed E-state index contributed by atoms with van der Waals surface area (Å²) in [5.41, 5.74) is 4.19. The van der Waals surface area contributed by atoms with Gasteiger partial charge in [-0.15, -0.1) is 5.10 Å². The van der Waals surface area contributed by atoms with Gasteiger partial charge in [0.25, 0.3) is 0 Å². The number of rotatable bonds is 9. The van der Waals surface area contributed by atoms with Crippen LogP contribution in [0.3, 0.4) is 0 Å². The van der Waals surface area contributed by atoms with E-state index < -0.39 is 5.97 Å². The molecular formula is C25H32N8O3. The average molecular weight is 493 g/mol. The second kappa shape index (κ2) is 10.5. The third-order valence-electron chi connectivity index (χ3n) is 7.17. The number of hydrogen-bond donors (Lipinski definition) is 1. The maximum atomic E-state index is 11.2. The van der Waals surface area contributed by atoms with Crippen LogP contribution in [0.4, 0.5) is 5.69 Å². The van der Waals surface area contributed by atoms with Gasteiger partial charge in [-0.3, -0.25) is 4.79 Å². The Labute approximate surface area is 210 Å². The minimum absolute atomic E-state index is 0.157. The van der Waals surface area contributed by atoms with Gasteiger partial charge in [0.1, 0.15) is 30.1 Å². The first-order valence-corrected chi connectivity index (χ1v) is 12.7. The standard InChI is InChI=1S/C25H32N8O3/c1-3-18-20(33-11-5-6-16(13-33)12-22(34)35)10-9-19(28-18)23-21(32(2)31-30-23)14-36-25-27-15-26-24(29-25)17-7-4-8-17/h9-10,15-17H,3-8,11-14H2,1-2H3,(H,34,35)/t16-/m1/s1. The fraction of sp³-hybridized carbons (Fsp3) is 0.560. The molecule has 0 aromatic carbocycles. The van der Waals surface area contributed by atoms with Gasteiger partial charge in [0, 0.05) is 32.5 Å². The van der Waals surface area contributed by atoms with Gasteiger partial charge in [-0.05, 0) is 50.2 Å². The van der Waals surface area contributed by atoms with E-state index in [0.717, 1.165) is 73.8 Å². The maximum Gasteiger partial charge on any atom is 0.320 e. The number of aliphatic carboxylic acids is 1. The summed E-state index contributed by atoms with van der Waals surface area (Å²) >= 11 is 0. The summed E-state index contributed by atoms with van der Waals surface area (Å²) in [6, 6.07) is 4.33. The molecular weight excluding hydrogens is 460 g/mol. The Morgan fingerprint density at radius 1 is 1.17 bits per heavy atom. The van der Waals surface area contributed by atoms with E-state index >= 15 is 0 Å². The monoisotopic (exact) mass is 492 g/mol. The Hall–Kier alpha value is -3.63. The summed E-state index contributed by atoms with van der Waals surface area (Å²) in [7, 11) is 1.83. The molecule has 36 heavy (non-hydrogen) atoms. The molecule has 5 rings (SSSR count). The number of pyridine rings is 1. The molecule has 0 radical (unpaired) electrons. The average Bonchev–Trinajstić information content (AvgIpc) is 3.21.